The highest BCUT2D eigenvalue weighted by Crippen LogP contribution is 2.00. The third-order valence-corrected chi connectivity index (χ3v) is 4.18. The van der Waals surface area contributed by atoms with Crippen LogP contribution in [-0.2, 0) is 44.5 Å². The molecule has 0 aromatic heterocycles. The third kappa shape index (κ3) is 22.4. The molecule has 0 aliphatic rings. The van der Waals surface area contributed by atoms with Crippen molar-refractivity contribution in [2.24, 2.45) is 0 Å². The van der Waals surface area contributed by atoms with Crippen molar-refractivity contribution in [1.82, 2.24) is 5.32 Å². The fourth-order valence-electron chi connectivity index (χ4n) is 2.48. The minimum Gasteiger partial charge on any atom is -0.445 e. The fraction of sp³-hybridized carbons (Fsp3) is 0.708. The second-order valence-electron chi connectivity index (χ2n) is 6.96. The van der Waals surface area contributed by atoms with Crippen molar-refractivity contribution in [3.05, 3.63) is 35.9 Å². The largest absolute Gasteiger partial charge is 0.445 e. The maximum Gasteiger partial charge on any atom is 0.407 e. The normalized spacial score (nSPS) is 11.0. The van der Waals surface area contributed by atoms with Crippen LogP contribution in [0.2, 0.25) is 0 Å². The molecule has 0 spiro atoms. The molecule has 11 heteroatoms. The zero-order valence-corrected chi connectivity index (χ0v) is 20.5. The Hall–Kier alpha value is -1.86. The molecule has 1 aromatic carbocycles. The first-order chi connectivity index (χ1) is 17.3. The number of carbonyl (C=O) groups excluding carboxylic acids is 1. The molecule has 35 heavy (non-hydrogen) atoms. The lowest BCUT2D eigenvalue weighted by molar-refractivity contribution is -0.0206. The summed E-state index contributed by atoms with van der Waals surface area (Å²) in [4.78, 5) is 11.6. The first-order valence-electron chi connectivity index (χ1n) is 11.9. The van der Waals surface area contributed by atoms with Crippen LogP contribution in [0.3, 0.4) is 0 Å². The monoisotopic (exact) mass is 505 g/mol. The molecule has 1 amide bonds. The summed E-state index contributed by atoms with van der Waals surface area (Å²) in [6, 6.07) is 9.49. The van der Waals surface area contributed by atoms with Gasteiger partial charge in [-0.25, -0.2) is 9.18 Å². The summed E-state index contributed by atoms with van der Waals surface area (Å²) in [5, 5.41) is 2.63. The second kappa shape index (κ2) is 25.2. The highest BCUT2D eigenvalue weighted by Gasteiger charge is 2.01. The number of amides is 1. The van der Waals surface area contributed by atoms with Gasteiger partial charge in [-0.15, -0.1) is 0 Å². The number of rotatable bonds is 25. The van der Waals surface area contributed by atoms with E-state index in [1.165, 1.54) is 0 Å². The van der Waals surface area contributed by atoms with Crippen molar-refractivity contribution >= 4 is 6.09 Å². The van der Waals surface area contributed by atoms with Gasteiger partial charge in [0.1, 0.15) is 13.3 Å². The van der Waals surface area contributed by atoms with E-state index in [2.05, 4.69) is 5.32 Å². The van der Waals surface area contributed by atoms with Gasteiger partial charge in [-0.05, 0) is 5.56 Å². The van der Waals surface area contributed by atoms with E-state index < -0.39 is 12.8 Å². The molecule has 1 aromatic rings. The maximum atomic E-state index is 11.8. The Labute approximate surface area is 207 Å². The first-order valence-corrected chi connectivity index (χ1v) is 11.9. The van der Waals surface area contributed by atoms with Crippen LogP contribution in [0.4, 0.5) is 9.18 Å². The van der Waals surface area contributed by atoms with Crippen LogP contribution in [0.1, 0.15) is 5.56 Å². The molecule has 0 atom stereocenters. The van der Waals surface area contributed by atoms with Crippen LogP contribution in [0.25, 0.3) is 0 Å². The number of halogens is 1. The summed E-state index contributed by atoms with van der Waals surface area (Å²) < 4.78 is 54.1. The molecule has 0 saturated carbocycles. The van der Waals surface area contributed by atoms with Crippen molar-refractivity contribution in [2.45, 2.75) is 6.61 Å². The number of ether oxygens (including phenoxy) is 8. The highest BCUT2D eigenvalue weighted by atomic mass is 19.1. The van der Waals surface area contributed by atoms with E-state index in [0.717, 1.165) is 5.56 Å². The lowest BCUT2D eigenvalue weighted by Crippen LogP contribution is -2.28. The molecule has 0 aliphatic heterocycles. The maximum absolute atomic E-state index is 11.8. The Bertz CT molecular complexity index is 583. The van der Waals surface area contributed by atoms with Crippen molar-refractivity contribution in [1.29, 1.82) is 0 Å². The van der Waals surface area contributed by atoms with Crippen molar-refractivity contribution in [3.63, 3.8) is 0 Å². The van der Waals surface area contributed by atoms with Crippen molar-refractivity contribution < 1.29 is 47.1 Å². The summed E-state index contributed by atoms with van der Waals surface area (Å²) in [5.74, 6) is 0. The molecule has 0 fully saturated rings. The molecule has 0 unspecified atom stereocenters. The molecular formula is C24H40FNO9. The summed E-state index contributed by atoms with van der Waals surface area (Å²) in [6.07, 6.45) is -0.471. The average Bonchev–Trinajstić information content (AvgIpc) is 2.88. The van der Waals surface area contributed by atoms with Gasteiger partial charge in [0, 0.05) is 6.54 Å². The second-order valence-corrected chi connectivity index (χ2v) is 6.96. The van der Waals surface area contributed by atoms with Gasteiger partial charge in [-0.2, -0.15) is 0 Å². The SMILES string of the molecule is O=C(NCCOCCOCCOCCOCCOCCOCCOCCF)OCc1ccccc1. The molecule has 202 valence electrons. The minimum absolute atomic E-state index is 0.110. The molecule has 0 aliphatic carbocycles. The topological polar surface area (TPSA) is 103 Å². The van der Waals surface area contributed by atoms with Gasteiger partial charge in [0.05, 0.1) is 92.5 Å². The van der Waals surface area contributed by atoms with E-state index in [4.69, 9.17) is 37.9 Å². The molecule has 0 radical (unpaired) electrons. The molecule has 0 saturated heterocycles. The van der Waals surface area contributed by atoms with Gasteiger partial charge in [0.25, 0.3) is 0 Å². The van der Waals surface area contributed by atoms with Gasteiger partial charge in [-0.1, -0.05) is 30.3 Å². The van der Waals surface area contributed by atoms with Gasteiger partial charge in [-0.3, -0.25) is 0 Å². The smallest absolute Gasteiger partial charge is 0.407 e. The predicted molar refractivity (Wildman–Crippen MR) is 126 cm³/mol. The zero-order valence-electron chi connectivity index (χ0n) is 20.5. The van der Waals surface area contributed by atoms with E-state index in [1.54, 1.807) is 0 Å². The Kier molecular flexibility index (Phi) is 22.5. The highest BCUT2D eigenvalue weighted by molar-refractivity contribution is 5.67. The standard InChI is InChI=1S/C24H40FNO9/c25-6-8-28-10-12-30-14-16-32-18-20-34-21-19-33-17-15-31-13-11-29-9-7-26-24(27)35-22-23-4-2-1-3-5-23/h1-5H,6-22H2,(H,26,27). The molecule has 1 N–H and O–H groups in total. The van der Waals surface area contributed by atoms with E-state index in [0.29, 0.717) is 92.4 Å². The van der Waals surface area contributed by atoms with Gasteiger partial charge >= 0.3 is 6.09 Å². The van der Waals surface area contributed by atoms with Gasteiger partial charge in [0.2, 0.25) is 0 Å². The summed E-state index contributed by atoms with van der Waals surface area (Å²) in [7, 11) is 0. The number of alkyl halides is 1. The zero-order chi connectivity index (χ0) is 25.1. The van der Waals surface area contributed by atoms with Gasteiger partial charge < -0.3 is 43.2 Å². The van der Waals surface area contributed by atoms with Crippen LogP contribution < -0.4 is 5.32 Å². The molecule has 1 rings (SSSR count). The fourth-order valence-corrected chi connectivity index (χ4v) is 2.48. The first kappa shape index (κ1) is 31.2. The van der Waals surface area contributed by atoms with E-state index in [9.17, 15) is 9.18 Å². The molecule has 10 nitrogen and oxygen atoms in total. The van der Waals surface area contributed by atoms with Crippen molar-refractivity contribution in [2.75, 3.05) is 106 Å². The third-order valence-electron chi connectivity index (χ3n) is 4.18. The van der Waals surface area contributed by atoms with Gasteiger partial charge in [0.15, 0.2) is 0 Å². The number of hydrogen-bond acceptors (Lipinski definition) is 9. The predicted octanol–water partition coefficient (Wildman–Crippen LogP) is 2.00. The Morgan fingerprint density at radius 1 is 0.600 bits per heavy atom. The Morgan fingerprint density at radius 3 is 1.43 bits per heavy atom. The van der Waals surface area contributed by atoms with E-state index >= 15 is 0 Å². The summed E-state index contributed by atoms with van der Waals surface area (Å²) in [5.41, 5.74) is 0.937. The van der Waals surface area contributed by atoms with Crippen LogP contribution in [0.5, 0.6) is 0 Å². The molecule has 0 heterocycles. The lowest BCUT2D eigenvalue weighted by atomic mass is 10.2. The average molecular weight is 506 g/mol. The number of benzene rings is 1. The summed E-state index contributed by atoms with van der Waals surface area (Å²) in [6.45, 7) is 6.13. The minimum atomic E-state index is -0.477. The van der Waals surface area contributed by atoms with Crippen molar-refractivity contribution in [3.8, 4) is 0 Å². The number of carbonyl (C=O) groups is 1. The van der Waals surface area contributed by atoms with Crippen LogP contribution in [0.15, 0.2) is 30.3 Å². The number of nitrogens with one attached hydrogen (secondary N) is 1. The Morgan fingerprint density at radius 2 is 1.00 bits per heavy atom. The van der Waals surface area contributed by atoms with Crippen LogP contribution in [0, 0.1) is 0 Å². The molecule has 0 bridgehead atoms. The van der Waals surface area contributed by atoms with Crippen LogP contribution >= 0.6 is 0 Å². The van der Waals surface area contributed by atoms with Crippen LogP contribution in [-0.4, -0.2) is 112 Å². The summed E-state index contributed by atoms with van der Waals surface area (Å²) >= 11 is 0. The molecular weight excluding hydrogens is 465 g/mol. The Balaban J connectivity index is 1.69. The quantitative estimate of drug-likeness (QED) is 0.200. The van der Waals surface area contributed by atoms with E-state index in [-0.39, 0.29) is 13.2 Å². The lowest BCUT2D eigenvalue weighted by Gasteiger charge is -2.09. The number of hydrogen-bond donors (Lipinski definition) is 1. The number of alkyl carbamates (subject to hydrolysis) is 1. The van der Waals surface area contributed by atoms with E-state index in [1.807, 2.05) is 30.3 Å².